The molecule has 6 heteroatoms. The standard InChI is InChI=1S/C20H26N2O4/c1-14(18-12-17(25-4)9-10-19(18)26-5)21-20(23)22(2)13-15-7-6-8-16(11-15)24-3/h6-12,14H,13H2,1-5H3,(H,21,23). The Hall–Kier alpha value is -2.89. The first-order valence-electron chi connectivity index (χ1n) is 8.35. The van der Waals surface area contributed by atoms with E-state index in [0.717, 1.165) is 16.9 Å². The molecule has 0 spiro atoms. The van der Waals surface area contributed by atoms with Crippen molar-refractivity contribution < 1.29 is 19.0 Å². The van der Waals surface area contributed by atoms with Crippen molar-refractivity contribution in [2.24, 2.45) is 0 Å². The molecular formula is C20H26N2O4. The van der Waals surface area contributed by atoms with Gasteiger partial charge in [-0.25, -0.2) is 4.79 Å². The third kappa shape index (κ3) is 4.81. The number of rotatable bonds is 7. The summed E-state index contributed by atoms with van der Waals surface area (Å²) in [5.74, 6) is 2.19. The largest absolute Gasteiger partial charge is 0.497 e. The molecule has 26 heavy (non-hydrogen) atoms. The number of carbonyl (C=O) groups excluding carboxylic acids is 1. The van der Waals surface area contributed by atoms with Gasteiger partial charge in [0.25, 0.3) is 0 Å². The van der Waals surface area contributed by atoms with E-state index in [2.05, 4.69) is 5.32 Å². The van der Waals surface area contributed by atoms with Crippen molar-refractivity contribution in [1.82, 2.24) is 10.2 Å². The molecule has 6 nitrogen and oxygen atoms in total. The molecule has 2 amide bonds. The summed E-state index contributed by atoms with van der Waals surface area (Å²) in [5.41, 5.74) is 1.85. The molecule has 0 aliphatic heterocycles. The molecule has 2 rings (SSSR count). The molecule has 1 atom stereocenters. The molecule has 1 N–H and O–H groups in total. The van der Waals surface area contributed by atoms with Gasteiger partial charge >= 0.3 is 6.03 Å². The van der Waals surface area contributed by atoms with Crippen molar-refractivity contribution >= 4 is 6.03 Å². The quantitative estimate of drug-likeness (QED) is 0.821. The summed E-state index contributed by atoms with van der Waals surface area (Å²) in [6.07, 6.45) is 0. The second kappa shape index (κ2) is 8.99. The Kier molecular flexibility index (Phi) is 6.72. The maximum absolute atomic E-state index is 12.6. The van der Waals surface area contributed by atoms with Crippen LogP contribution in [0.1, 0.15) is 24.1 Å². The number of nitrogens with one attached hydrogen (secondary N) is 1. The zero-order chi connectivity index (χ0) is 19.1. The first-order chi connectivity index (χ1) is 12.5. The fourth-order valence-corrected chi connectivity index (χ4v) is 2.67. The van der Waals surface area contributed by atoms with Crippen molar-refractivity contribution in [3.63, 3.8) is 0 Å². The van der Waals surface area contributed by atoms with Crippen molar-refractivity contribution in [2.75, 3.05) is 28.4 Å². The van der Waals surface area contributed by atoms with E-state index in [0.29, 0.717) is 18.0 Å². The van der Waals surface area contributed by atoms with E-state index in [1.165, 1.54) is 0 Å². The highest BCUT2D eigenvalue weighted by molar-refractivity contribution is 5.74. The van der Waals surface area contributed by atoms with E-state index in [4.69, 9.17) is 14.2 Å². The minimum Gasteiger partial charge on any atom is -0.497 e. The number of ether oxygens (including phenoxy) is 3. The summed E-state index contributed by atoms with van der Waals surface area (Å²) in [6, 6.07) is 12.8. The van der Waals surface area contributed by atoms with Gasteiger partial charge in [-0.1, -0.05) is 12.1 Å². The van der Waals surface area contributed by atoms with Crippen molar-refractivity contribution in [1.29, 1.82) is 0 Å². The Morgan fingerprint density at radius 2 is 1.73 bits per heavy atom. The van der Waals surface area contributed by atoms with Gasteiger partial charge in [0.15, 0.2) is 0 Å². The summed E-state index contributed by atoms with van der Waals surface area (Å²) < 4.78 is 15.9. The average molecular weight is 358 g/mol. The van der Waals surface area contributed by atoms with Gasteiger partial charge in [-0.3, -0.25) is 0 Å². The zero-order valence-electron chi connectivity index (χ0n) is 15.9. The average Bonchev–Trinajstić information content (AvgIpc) is 2.67. The number of nitrogens with zero attached hydrogens (tertiary/aromatic N) is 1. The van der Waals surface area contributed by atoms with Gasteiger partial charge in [-0.2, -0.15) is 0 Å². The molecule has 0 heterocycles. The molecule has 0 saturated heterocycles. The summed E-state index contributed by atoms with van der Waals surface area (Å²) in [7, 11) is 6.59. The van der Waals surface area contributed by atoms with E-state index in [1.807, 2.05) is 49.4 Å². The number of carbonyl (C=O) groups is 1. The van der Waals surface area contributed by atoms with E-state index in [9.17, 15) is 4.79 Å². The fourth-order valence-electron chi connectivity index (χ4n) is 2.67. The number of hydrogen-bond donors (Lipinski definition) is 1. The first kappa shape index (κ1) is 19.4. The number of urea groups is 1. The first-order valence-corrected chi connectivity index (χ1v) is 8.35. The molecular weight excluding hydrogens is 332 g/mol. The number of benzene rings is 2. The Morgan fingerprint density at radius 1 is 1.04 bits per heavy atom. The van der Waals surface area contributed by atoms with Crippen molar-refractivity contribution in [2.45, 2.75) is 19.5 Å². The van der Waals surface area contributed by atoms with Crippen LogP contribution >= 0.6 is 0 Å². The van der Waals surface area contributed by atoms with Gasteiger partial charge in [0.05, 0.1) is 27.4 Å². The van der Waals surface area contributed by atoms with Crippen LogP contribution in [0, 0.1) is 0 Å². The summed E-state index contributed by atoms with van der Waals surface area (Å²) >= 11 is 0. The predicted molar refractivity (Wildman–Crippen MR) is 101 cm³/mol. The van der Waals surface area contributed by atoms with E-state index < -0.39 is 0 Å². The van der Waals surface area contributed by atoms with Gasteiger partial charge in [0.2, 0.25) is 0 Å². The monoisotopic (exact) mass is 358 g/mol. The van der Waals surface area contributed by atoms with E-state index >= 15 is 0 Å². The van der Waals surface area contributed by atoms with Crippen LogP contribution in [0.4, 0.5) is 4.79 Å². The van der Waals surface area contributed by atoms with Crippen molar-refractivity contribution in [3.8, 4) is 17.2 Å². The Balaban J connectivity index is 2.06. The summed E-state index contributed by atoms with van der Waals surface area (Å²) in [4.78, 5) is 14.2. The third-order valence-corrected chi connectivity index (χ3v) is 4.14. The van der Waals surface area contributed by atoms with E-state index in [1.54, 1.807) is 33.3 Å². The van der Waals surface area contributed by atoms with Crippen molar-refractivity contribution in [3.05, 3.63) is 53.6 Å². The van der Waals surface area contributed by atoms with Gasteiger partial charge in [-0.15, -0.1) is 0 Å². The van der Waals surface area contributed by atoms with Crippen LogP contribution in [0.25, 0.3) is 0 Å². The molecule has 2 aromatic carbocycles. The highest BCUT2D eigenvalue weighted by atomic mass is 16.5. The topological polar surface area (TPSA) is 60.0 Å². The lowest BCUT2D eigenvalue weighted by molar-refractivity contribution is 0.203. The highest BCUT2D eigenvalue weighted by Gasteiger charge is 2.17. The van der Waals surface area contributed by atoms with Crippen LogP contribution in [0.15, 0.2) is 42.5 Å². The van der Waals surface area contributed by atoms with Gasteiger partial charge in [-0.05, 0) is 42.8 Å². The van der Waals surface area contributed by atoms with Crippen LogP contribution in [0.2, 0.25) is 0 Å². The molecule has 0 aliphatic carbocycles. The number of amides is 2. The molecule has 0 aromatic heterocycles. The number of hydrogen-bond acceptors (Lipinski definition) is 4. The molecule has 0 aliphatic rings. The number of methoxy groups -OCH3 is 3. The molecule has 140 valence electrons. The highest BCUT2D eigenvalue weighted by Crippen LogP contribution is 2.29. The van der Waals surface area contributed by atoms with Crippen LogP contribution in [-0.2, 0) is 6.54 Å². The molecule has 0 fully saturated rings. The summed E-state index contributed by atoms with van der Waals surface area (Å²) in [5, 5.41) is 2.99. The summed E-state index contributed by atoms with van der Waals surface area (Å²) in [6.45, 7) is 2.39. The molecule has 2 aromatic rings. The molecule has 0 bridgehead atoms. The lowest BCUT2D eigenvalue weighted by Gasteiger charge is -2.23. The predicted octanol–water partition coefficient (Wildman–Crippen LogP) is 3.62. The van der Waals surface area contributed by atoms with Crippen LogP contribution in [0.3, 0.4) is 0 Å². The lowest BCUT2D eigenvalue weighted by atomic mass is 10.1. The maximum atomic E-state index is 12.6. The molecule has 0 saturated carbocycles. The smallest absolute Gasteiger partial charge is 0.317 e. The Labute approximate surface area is 154 Å². The van der Waals surface area contributed by atoms with Gasteiger partial charge in [0, 0.05) is 19.2 Å². The fraction of sp³-hybridized carbons (Fsp3) is 0.350. The SMILES string of the molecule is COc1cccc(CN(C)C(=O)NC(C)c2cc(OC)ccc2OC)c1. The van der Waals surface area contributed by atoms with Gasteiger partial charge in [0.1, 0.15) is 17.2 Å². The second-order valence-corrected chi connectivity index (χ2v) is 5.99. The van der Waals surface area contributed by atoms with Gasteiger partial charge < -0.3 is 24.4 Å². The van der Waals surface area contributed by atoms with E-state index in [-0.39, 0.29) is 12.1 Å². The van der Waals surface area contributed by atoms with Crippen LogP contribution in [-0.4, -0.2) is 39.3 Å². The minimum absolute atomic E-state index is 0.176. The lowest BCUT2D eigenvalue weighted by Crippen LogP contribution is -2.38. The maximum Gasteiger partial charge on any atom is 0.317 e. The Morgan fingerprint density at radius 3 is 2.38 bits per heavy atom. The second-order valence-electron chi connectivity index (χ2n) is 5.99. The molecule has 0 radical (unpaired) electrons. The zero-order valence-corrected chi connectivity index (χ0v) is 15.9. The normalized spacial score (nSPS) is 11.4. The third-order valence-electron chi connectivity index (χ3n) is 4.14. The molecule has 1 unspecified atom stereocenters. The van der Waals surface area contributed by atoms with Crippen LogP contribution < -0.4 is 19.5 Å². The minimum atomic E-state index is -0.236. The Bertz CT molecular complexity index is 748. The van der Waals surface area contributed by atoms with Crippen LogP contribution in [0.5, 0.6) is 17.2 Å².